The van der Waals surface area contributed by atoms with Crippen molar-refractivity contribution in [2.45, 2.75) is 20.7 Å². The van der Waals surface area contributed by atoms with E-state index < -0.39 is 6.85 Å². The highest BCUT2D eigenvalue weighted by Crippen LogP contribution is 2.41. The topological polar surface area (TPSA) is 30.2 Å². The van der Waals surface area contributed by atoms with E-state index in [0.717, 1.165) is 66.3 Å². The first kappa shape index (κ1) is 14.4. The lowest BCUT2D eigenvalue weighted by atomic mass is 10.00. The molecule has 146 valence electrons. The molecule has 0 amide bonds. The molecule has 3 heteroatoms. The summed E-state index contributed by atoms with van der Waals surface area (Å²) >= 11 is 0. The second kappa shape index (κ2) is 5.96. The molecule has 3 heterocycles. The van der Waals surface area contributed by atoms with Gasteiger partial charge in [0, 0.05) is 37.3 Å². The molecule has 0 N–H and O–H groups in total. The summed E-state index contributed by atoms with van der Waals surface area (Å²) in [6, 6.07) is 18.1. The van der Waals surface area contributed by atoms with Crippen molar-refractivity contribution in [1.29, 1.82) is 0 Å². The van der Waals surface area contributed by atoms with Gasteiger partial charge in [0.25, 0.3) is 0 Å². The highest BCUT2D eigenvalue weighted by atomic mass is 16.4. The molecule has 0 atom stereocenters. The first-order chi connectivity index (χ1) is 15.7. The third-order valence-corrected chi connectivity index (χ3v) is 6.00. The van der Waals surface area contributed by atoms with Crippen molar-refractivity contribution in [3.8, 4) is 11.3 Å². The van der Waals surface area contributed by atoms with Crippen molar-refractivity contribution >= 4 is 43.9 Å². The van der Waals surface area contributed by atoms with Crippen LogP contribution >= 0.6 is 0 Å². The number of hydrogen-bond acceptors (Lipinski definition) is 2. The number of furan rings is 2. The van der Waals surface area contributed by atoms with Crippen LogP contribution in [-0.4, -0.2) is 0 Å². The van der Waals surface area contributed by atoms with Gasteiger partial charge in [0.1, 0.15) is 18.2 Å². The summed E-state index contributed by atoms with van der Waals surface area (Å²) < 4.78 is 37.8. The fraction of sp³-hybridized carbons (Fsp3) is 0.148. The van der Waals surface area contributed by atoms with Crippen molar-refractivity contribution in [1.82, 2.24) is 0 Å². The SMILES string of the molecule is [2H]C([2H])([2H])c1ccc(-c2c(C)ccc3c2oc2c3ccc3c4ccc(C)cc4oc32)[n+](C)c1. The molecule has 0 aliphatic heterocycles. The Kier molecular flexibility index (Phi) is 2.86. The molecular formula is C27H22NO2+. The lowest BCUT2D eigenvalue weighted by Gasteiger charge is -2.05. The van der Waals surface area contributed by atoms with E-state index in [9.17, 15) is 0 Å². The summed E-state index contributed by atoms with van der Waals surface area (Å²) in [5, 5.41) is 4.10. The van der Waals surface area contributed by atoms with E-state index in [4.69, 9.17) is 12.9 Å². The summed E-state index contributed by atoms with van der Waals surface area (Å²) in [6.07, 6.45) is 1.67. The van der Waals surface area contributed by atoms with Crippen LogP contribution in [-0.2, 0) is 7.05 Å². The van der Waals surface area contributed by atoms with Gasteiger partial charge in [-0.05, 0) is 56.1 Å². The van der Waals surface area contributed by atoms with Gasteiger partial charge in [-0.15, -0.1) is 0 Å². The highest BCUT2D eigenvalue weighted by Gasteiger charge is 2.22. The fourth-order valence-corrected chi connectivity index (χ4v) is 4.52. The van der Waals surface area contributed by atoms with Crippen LogP contribution in [0.15, 0.2) is 69.6 Å². The van der Waals surface area contributed by atoms with Crippen LogP contribution in [0.25, 0.3) is 55.1 Å². The van der Waals surface area contributed by atoms with Crippen molar-refractivity contribution in [2.24, 2.45) is 7.05 Å². The predicted octanol–water partition coefficient (Wildman–Crippen LogP) is 6.90. The molecule has 3 aromatic carbocycles. The summed E-state index contributed by atoms with van der Waals surface area (Å²) in [5.74, 6) is 0. The third-order valence-electron chi connectivity index (χ3n) is 6.00. The van der Waals surface area contributed by atoms with E-state index in [1.165, 1.54) is 0 Å². The summed E-state index contributed by atoms with van der Waals surface area (Å²) in [6.45, 7) is 1.94. The zero-order valence-corrected chi connectivity index (χ0v) is 17.0. The van der Waals surface area contributed by atoms with Gasteiger partial charge in [-0.2, -0.15) is 0 Å². The first-order valence-corrected chi connectivity index (χ1v) is 10.0. The predicted molar refractivity (Wildman–Crippen MR) is 122 cm³/mol. The summed E-state index contributed by atoms with van der Waals surface area (Å²) in [4.78, 5) is 0. The fourth-order valence-electron chi connectivity index (χ4n) is 4.52. The van der Waals surface area contributed by atoms with Crippen LogP contribution < -0.4 is 4.57 Å². The van der Waals surface area contributed by atoms with E-state index in [0.29, 0.717) is 5.56 Å². The molecule has 0 unspecified atom stereocenters. The maximum Gasteiger partial charge on any atom is 0.216 e. The van der Waals surface area contributed by atoms with Crippen LogP contribution in [0.5, 0.6) is 0 Å². The third kappa shape index (κ3) is 2.29. The van der Waals surface area contributed by atoms with Crippen LogP contribution in [0.3, 0.4) is 0 Å². The van der Waals surface area contributed by atoms with E-state index in [-0.39, 0.29) is 0 Å². The summed E-state index contributed by atoms with van der Waals surface area (Å²) in [7, 11) is 1.87. The molecule has 0 aliphatic carbocycles. The van der Waals surface area contributed by atoms with Crippen LogP contribution in [0.2, 0.25) is 0 Å². The first-order valence-electron chi connectivity index (χ1n) is 11.5. The van der Waals surface area contributed by atoms with Gasteiger partial charge in [0.2, 0.25) is 5.69 Å². The normalized spacial score (nSPS) is 13.9. The van der Waals surface area contributed by atoms with Crippen LogP contribution in [0, 0.1) is 20.7 Å². The van der Waals surface area contributed by atoms with Crippen molar-refractivity contribution < 1.29 is 17.5 Å². The standard InChI is InChI=1S/C27H22NO2/c1-15-5-8-18-19-10-11-21-20-9-7-17(3)24(22-12-6-16(2)14-28(22)4)25(20)30-27(21)26(19)29-23(18)13-15/h5-14H,1-4H3/q+1/i2D3. The molecule has 6 rings (SSSR count). The molecule has 0 saturated carbocycles. The van der Waals surface area contributed by atoms with Crippen LogP contribution in [0.4, 0.5) is 0 Å². The average Bonchev–Trinajstić information content (AvgIpc) is 3.31. The number of aromatic nitrogens is 1. The molecule has 3 nitrogen and oxygen atoms in total. The number of fused-ring (bicyclic) bond motifs is 7. The molecule has 0 fully saturated rings. The number of hydrogen-bond donors (Lipinski definition) is 0. The molecule has 30 heavy (non-hydrogen) atoms. The molecular weight excluding hydrogens is 370 g/mol. The Bertz CT molecular complexity index is 1740. The molecule has 6 aromatic rings. The Labute approximate surface area is 178 Å². The Hall–Kier alpha value is -3.59. The highest BCUT2D eigenvalue weighted by molar-refractivity contribution is 6.20. The Morgan fingerprint density at radius 3 is 2.20 bits per heavy atom. The molecule has 0 bridgehead atoms. The minimum absolute atomic E-state index is 0.308. The van der Waals surface area contributed by atoms with Crippen molar-refractivity contribution in [2.75, 3.05) is 0 Å². The molecule has 3 aromatic heterocycles. The zero-order valence-electron chi connectivity index (χ0n) is 20.0. The van der Waals surface area contributed by atoms with Crippen LogP contribution in [0.1, 0.15) is 20.8 Å². The number of benzene rings is 3. The van der Waals surface area contributed by atoms with Gasteiger partial charge in [0.05, 0.1) is 5.56 Å². The molecule has 0 spiro atoms. The maximum atomic E-state index is 7.72. The monoisotopic (exact) mass is 395 g/mol. The minimum Gasteiger partial charge on any atom is -0.452 e. The number of nitrogens with zero attached hydrogens (tertiary/aromatic N) is 1. The molecule has 0 saturated heterocycles. The largest absolute Gasteiger partial charge is 0.452 e. The second-order valence-electron chi connectivity index (χ2n) is 8.07. The Morgan fingerprint density at radius 1 is 0.733 bits per heavy atom. The van der Waals surface area contributed by atoms with Crippen molar-refractivity contribution in [3.63, 3.8) is 0 Å². The Balaban J connectivity index is 1.67. The molecule has 0 aliphatic rings. The quantitative estimate of drug-likeness (QED) is 0.283. The maximum absolute atomic E-state index is 7.72. The summed E-state index contributed by atoms with van der Waals surface area (Å²) in [5.41, 5.74) is 7.43. The second-order valence-corrected chi connectivity index (χ2v) is 8.07. The Morgan fingerprint density at radius 2 is 1.40 bits per heavy atom. The van der Waals surface area contributed by atoms with Gasteiger partial charge in [-0.25, -0.2) is 4.57 Å². The number of aryl methyl sites for hydroxylation is 4. The molecule has 0 radical (unpaired) electrons. The van der Waals surface area contributed by atoms with E-state index in [1.54, 1.807) is 12.3 Å². The van der Waals surface area contributed by atoms with E-state index in [2.05, 4.69) is 43.3 Å². The van der Waals surface area contributed by atoms with Gasteiger partial charge in [0.15, 0.2) is 17.4 Å². The van der Waals surface area contributed by atoms with Gasteiger partial charge in [-0.3, -0.25) is 0 Å². The van der Waals surface area contributed by atoms with Gasteiger partial charge in [-0.1, -0.05) is 24.3 Å². The number of pyridine rings is 1. The van der Waals surface area contributed by atoms with E-state index in [1.807, 2.05) is 30.7 Å². The van der Waals surface area contributed by atoms with Gasteiger partial charge < -0.3 is 8.83 Å². The minimum atomic E-state index is -2.15. The van der Waals surface area contributed by atoms with Gasteiger partial charge >= 0.3 is 0 Å². The lowest BCUT2D eigenvalue weighted by molar-refractivity contribution is -0.660. The lowest BCUT2D eigenvalue weighted by Crippen LogP contribution is -2.31. The number of rotatable bonds is 1. The smallest absolute Gasteiger partial charge is 0.216 e. The average molecular weight is 395 g/mol. The zero-order chi connectivity index (χ0) is 23.1. The van der Waals surface area contributed by atoms with Crippen molar-refractivity contribution in [3.05, 3.63) is 77.5 Å². The van der Waals surface area contributed by atoms with E-state index >= 15 is 0 Å².